The highest BCUT2D eigenvalue weighted by atomic mass is 16.4. The van der Waals surface area contributed by atoms with Gasteiger partial charge in [-0.1, -0.05) is 27.7 Å². The second-order valence-corrected chi connectivity index (χ2v) is 7.85. The maximum atomic E-state index is 12.4. The van der Waals surface area contributed by atoms with Crippen LogP contribution in [0.25, 0.3) is 0 Å². The average Bonchev–Trinajstić information content (AvgIpc) is 2.60. The van der Waals surface area contributed by atoms with Gasteiger partial charge in [-0.25, -0.2) is 0 Å². The van der Waals surface area contributed by atoms with Crippen molar-refractivity contribution in [3.05, 3.63) is 0 Å². The summed E-state index contributed by atoms with van der Waals surface area (Å²) in [6, 6.07) is -1.92. The minimum atomic E-state index is -1.16. The zero-order chi connectivity index (χ0) is 18.0. The maximum absolute atomic E-state index is 12.4. The number of carbonyl (C=O) groups excluding carboxylic acids is 2. The van der Waals surface area contributed by atoms with Crippen LogP contribution in [0.15, 0.2) is 0 Å². The van der Waals surface area contributed by atoms with Gasteiger partial charge in [-0.2, -0.15) is 0 Å². The number of aliphatic carboxylic acids is 1. The number of carboxylic acids is 1. The van der Waals surface area contributed by atoms with E-state index < -0.39 is 30.4 Å². The standard InChI is InChI=1S/C16H29N3O4/c1-9(18-13(23)10(17)8-11(20)21)12(22)19-14-15(2,3)6-7-16(14,4)5/h9-10,14H,6-8,17H2,1-5H3,(H,18,23)(H,19,22)(H,20,21)/t9-,10+/m1/s1. The quantitative estimate of drug-likeness (QED) is 0.570. The molecular formula is C16H29N3O4. The lowest BCUT2D eigenvalue weighted by Crippen LogP contribution is -2.56. The van der Waals surface area contributed by atoms with Crippen molar-refractivity contribution in [3.8, 4) is 0 Å². The van der Waals surface area contributed by atoms with Gasteiger partial charge in [0.25, 0.3) is 0 Å². The highest BCUT2D eigenvalue weighted by Crippen LogP contribution is 2.48. The first kappa shape index (κ1) is 19.4. The molecule has 132 valence electrons. The summed E-state index contributed by atoms with van der Waals surface area (Å²) < 4.78 is 0. The van der Waals surface area contributed by atoms with Gasteiger partial charge in [0.05, 0.1) is 12.5 Å². The highest BCUT2D eigenvalue weighted by molar-refractivity contribution is 5.91. The van der Waals surface area contributed by atoms with E-state index in [-0.39, 0.29) is 22.8 Å². The van der Waals surface area contributed by atoms with Gasteiger partial charge in [-0.05, 0) is 30.6 Å². The lowest BCUT2D eigenvalue weighted by molar-refractivity contribution is -0.139. The van der Waals surface area contributed by atoms with Gasteiger partial charge < -0.3 is 21.5 Å². The zero-order valence-electron chi connectivity index (χ0n) is 14.6. The molecule has 2 amide bonds. The molecule has 0 heterocycles. The lowest BCUT2D eigenvalue weighted by atomic mass is 9.78. The number of hydrogen-bond acceptors (Lipinski definition) is 4. The Kier molecular flexibility index (Phi) is 5.79. The Morgan fingerprint density at radius 1 is 1.13 bits per heavy atom. The number of carboxylic acid groups (broad SMARTS) is 1. The molecule has 0 aromatic heterocycles. The summed E-state index contributed by atoms with van der Waals surface area (Å²) in [5.74, 6) is -2.08. The highest BCUT2D eigenvalue weighted by Gasteiger charge is 2.47. The minimum absolute atomic E-state index is 0.00884. The van der Waals surface area contributed by atoms with Crippen LogP contribution in [-0.2, 0) is 14.4 Å². The Hall–Kier alpha value is -1.63. The third-order valence-corrected chi connectivity index (χ3v) is 4.75. The first-order valence-corrected chi connectivity index (χ1v) is 7.95. The van der Waals surface area contributed by atoms with Crippen LogP contribution in [0.1, 0.15) is 53.9 Å². The molecule has 7 heteroatoms. The molecule has 1 fully saturated rings. The van der Waals surface area contributed by atoms with E-state index in [9.17, 15) is 14.4 Å². The zero-order valence-corrected chi connectivity index (χ0v) is 14.6. The number of nitrogens with two attached hydrogens (primary N) is 1. The molecule has 0 aromatic carbocycles. The first-order chi connectivity index (χ1) is 10.4. The smallest absolute Gasteiger partial charge is 0.305 e. The molecule has 1 aliphatic rings. The molecule has 23 heavy (non-hydrogen) atoms. The number of hydrogen-bond donors (Lipinski definition) is 4. The summed E-state index contributed by atoms with van der Waals surface area (Å²) in [4.78, 5) is 34.7. The molecule has 0 spiro atoms. The second kappa shape index (κ2) is 6.86. The Bertz CT molecular complexity index is 472. The van der Waals surface area contributed by atoms with Crippen molar-refractivity contribution in [2.45, 2.75) is 72.0 Å². The van der Waals surface area contributed by atoms with Crippen molar-refractivity contribution in [3.63, 3.8) is 0 Å². The molecule has 1 saturated carbocycles. The molecule has 2 atom stereocenters. The first-order valence-electron chi connectivity index (χ1n) is 7.95. The van der Waals surface area contributed by atoms with Crippen LogP contribution in [0, 0.1) is 10.8 Å². The molecule has 0 saturated heterocycles. The maximum Gasteiger partial charge on any atom is 0.305 e. The fourth-order valence-corrected chi connectivity index (χ4v) is 3.32. The summed E-state index contributed by atoms with van der Waals surface area (Å²) in [6.07, 6.45) is 1.58. The summed E-state index contributed by atoms with van der Waals surface area (Å²) in [7, 11) is 0. The summed E-state index contributed by atoms with van der Waals surface area (Å²) in [6.45, 7) is 10.1. The predicted molar refractivity (Wildman–Crippen MR) is 86.6 cm³/mol. The molecule has 0 unspecified atom stereocenters. The van der Waals surface area contributed by atoms with Crippen LogP contribution in [-0.4, -0.2) is 41.0 Å². The topological polar surface area (TPSA) is 122 Å². The van der Waals surface area contributed by atoms with Gasteiger partial charge in [0.2, 0.25) is 11.8 Å². The van der Waals surface area contributed by atoms with Gasteiger partial charge in [0.1, 0.15) is 6.04 Å². The van der Waals surface area contributed by atoms with E-state index in [0.29, 0.717) is 0 Å². The van der Waals surface area contributed by atoms with Crippen LogP contribution in [0.3, 0.4) is 0 Å². The van der Waals surface area contributed by atoms with E-state index >= 15 is 0 Å². The van der Waals surface area contributed by atoms with Gasteiger partial charge in [-0.15, -0.1) is 0 Å². The lowest BCUT2D eigenvalue weighted by Gasteiger charge is -2.36. The molecule has 0 aliphatic heterocycles. The van der Waals surface area contributed by atoms with E-state index in [1.807, 2.05) is 0 Å². The average molecular weight is 327 g/mol. The third-order valence-electron chi connectivity index (χ3n) is 4.75. The molecule has 1 rings (SSSR count). The number of rotatable bonds is 6. The number of nitrogens with one attached hydrogen (secondary N) is 2. The van der Waals surface area contributed by atoms with Gasteiger partial charge in [0, 0.05) is 6.04 Å². The van der Waals surface area contributed by atoms with Crippen LogP contribution in [0.4, 0.5) is 0 Å². The molecular weight excluding hydrogens is 298 g/mol. The largest absolute Gasteiger partial charge is 0.481 e. The SMILES string of the molecule is C[C@@H](NC(=O)[C@@H](N)CC(=O)O)C(=O)NC1C(C)(C)CCC1(C)C. The monoisotopic (exact) mass is 327 g/mol. The van der Waals surface area contributed by atoms with E-state index in [4.69, 9.17) is 10.8 Å². The van der Waals surface area contributed by atoms with Gasteiger partial charge in [-0.3, -0.25) is 14.4 Å². The van der Waals surface area contributed by atoms with E-state index in [2.05, 4.69) is 38.3 Å². The van der Waals surface area contributed by atoms with E-state index in [1.54, 1.807) is 6.92 Å². The molecule has 0 bridgehead atoms. The molecule has 5 N–H and O–H groups in total. The fraction of sp³-hybridized carbons (Fsp3) is 0.812. The van der Waals surface area contributed by atoms with E-state index in [0.717, 1.165) is 12.8 Å². The Morgan fingerprint density at radius 2 is 1.61 bits per heavy atom. The minimum Gasteiger partial charge on any atom is -0.481 e. The van der Waals surface area contributed by atoms with Crippen molar-refractivity contribution in [1.82, 2.24) is 10.6 Å². The Morgan fingerprint density at radius 3 is 2.04 bits per heavy atom. The second-order valence-electron chi connectivity index (χ2n) is 7.85. The van der Waals surface area contributed by atoms with Crippen LogP contribution < -0.4 is 16.4 Å². The summed E-state index contributed by atoms with van der Waals surface area (Å²) in [5, 5.41) is 14.1. The van der Waals surface area contributed by atoms with Crippen molar-refractivity contribution in [1.29, 1.82) is 0 Å². The van der Waals surface area contributed by atoms with Gasteiger partial charge >= 0.3 is 5.97 Å². The van der Waals surface area contributed by atoms with Crippen LogP contribution >= 0.6 is 0 Å². The van der Waals surface area contributed by atoms with Crippen molar-refractivity contribution in [2.75, 3.05) is 0 Å². The molecule has 1 aliphatic carbocycles. The van der Waals surface area contributed by atoms with Crippen LogP contribution in [0.2, 0.25) is 0 Å². The number of amides is 2. The summed E-state index contributed by atoms with van der Waals surface area (Å²) >= 11 is 0. The third kappa shape index (κ3) is 4.92. The van der Waals surface area contributed by atoms with Gasteiger partial charge in [0.15, 0.2) is 0 Å². The predicted octanol–water partition coefficient (Wildman–Crippen LogP) is 0.624. The van der Waals surface area contributed by atoms with Crippen molar-refractivity contribution >= 4 is 17.8 Å². The Balaban J connectivity index is 2.64. The normalized spacial score (nSPS) is 22.2. The van der Waals surface area contributed by atoms with Crippen molar-refractivity contribution in [2.24, 2.45) is 16.6 Å². The van der Waals surface area contributed by atoms with Crippen molar-refractivity contribution < 1.29 is 19.5 Å². The van der Waals surface area contributed by atoms with E-state index in [1.165, 1.54) is 0 Å². The molecule has 7 nitrogen and oxygen atoms in total. The van der Waals surface area contributed by atoms with Crippen LogP contribution in [0.5, 0.6) is 0 Å². The Labute approximate surface area is 137 Å². The number of carbonyl (C=O) groups is 3. The summed E-state index contributed by atoms with van der Waals surface area (Å²) in [5.41, 5.74) is 5.47. The molecule has 0 radical (unpaired) electrons. The molecule has 0 aromatic rings. The fourth-order valence-electron chi connectivity index (χ4n) is 3.32.